The molecule has 0 N–H and O–H groups in total. The Morgan fingerprint density at radius 2 is 2.00 bits per heavy atom. The molecule has 2 aromatic rings. The minimum atomic E-state index is -0.299. The molecular weight excluding hydrogens is 350 g/mol. The Hall–Kier alpha value is -2.28. The zero-order valence-corrected chi connectivity index (χ0v) is 16.1. The van der Waals surface area contributed by atoms with Crippen molar-refractivity contribution in [2.24, 2.45) is 0 Å². The number of carbonyl (C=O) groups is 2. The highest BCUT2D eigenvalue weighted by Crippen LogP contribution is 2.23. The minimum absolute atomic E-state index is 0.0259. The number of aromatic nitrogens is 2. The van der Waals surface area contributed by atoms with E-state index in [1.807, 2.05) is 48.9 Å². The molecule has 1 fully saturated rings. The molecule has 0 unspecified atom stereocenters. The second-order valence-electron chi connectivity index (χ2n) is 6.30. The number of ether oxygens (including phenoxy) is 1. The normalized spacial score (nSPS) is 17.2. The summed E-state index contributed by atoms with van der Waals surface area (Å²) in [5, 5.41) is 4.30. The minimum Gasteiger partial charge on any atom is -0.468 e. The number of aryl methyl sites for hydroxylation is 1. The maximum absolute atomic E-state index is 12.8. The fourth-order valence-corrected chi connectivity index (χ4v) is 4.29. The van der Waals surface area contributed by atoms with Gasteiger partial charge < -0.3 is 9.64 Å². The zero-order chi connectivity index (χ0) is 18.7. The summed E-state index contributed by atoms with van der Waals surface area (Å²) in [7, 11) is 1.38. The van der Waals surface area contributed by atoms with Gasteiger partial charge in [-0.05, 0) is 26.0 Å². The summed E-state index contributed by atoms with van der Waals surface area (Å²) in [6.45, 7) is 4.97. The van der Waals surface area contributed by atoms with Gasteiger partial charge in [0.15, 0.2) is 0 Å². The molecule has 1 aromatic heterocycles. The Labute approximate surface area is 157 Å². The topological polar surface area (TPSA) is 64.4 Å². The summed E-state index contributed by atoms with van der Waals surface area (Å²) >= 11 is 1.55. The van der Waals surface area contributed by atoms with Crippen LogP contribution < -0.4 is 0 Å². The van der Waals surface area contributed by atoms with Gasteiger partial charge in [0.25, 0.3) is 0 Å². The van der Waals surface area contributed by atoms with Crippen molar-refractivity contribution in [2.75, 3.05) is 26.0 Å². The van der Waals surface area contributed by atoms with Crippen molar-refractivity contribution in [1.29, 1.82) is 0 Å². The van der Waals surface area contributed by atoms with Crippen molar-refractivity contribution in [1.82, 2.24) is 14.7 Å². The van der Waals surface area contributed by atoms with Crippen LogP contribution in [0.15, 0.2) is 30.3 Å². The number of para-hydroxylation sites is 1. The van der Waals surface area contributed by atoms with Crippen LogP contribution >= 0.6 is 11.8 Å². The smallest absolute Gasteiger partial charge is 0.320 e. The molecule has 1 aliphatic rings. The van der Waals surface area contributed by atoms with Gasteiger partial charge >= 0.3 is 5.97 Å². The number of methoxy groups -OCH3 is 1. The van der Waals surface area contributed by atoms with Crippen molar-refractivity contribution < 1.29 is 14.3 Å². The molecule has 6 nitrogen and oxygen atoms in total. The molecule has 0 spiro atoms. The molecule has 7 heteroatoms. The molecule has 1 aromatic carbocycles. The highest BCUT2D eigenvalue weighted by atomic mass is 32.2. The predicted molar refractivity (Wildman–Crippen MR) is 102 cm³/mol. The molecule has 0 radical (unpaired) electrons. The van der Waals surface area contributed by atoms with Crippen LogP contribution in [-0.4, -0.2) is 57.8 Å². The molecule has 1 saturated heterocycles. The summed E-state index contributed by atoms with van der Waals surface area (Å²) < 4.78 is 6.69. The lowest BCUT2D eigenvalue weighted by molar-refractivity contribution is -0.141. The molecule has 138 valence electrons. The van der Waals surface area contributed by atoms with Crippen molar-refractivity contribution in [3.8, 4) is 5.69 Å². The van der Waals surface area contributed by atoms with E-state index in [9.17, 15) is 9.59 Å². The van der Waals surface area contributed by atoms with E-state index in [4.69, 9.17) is 4.74 Å². The first-order chi connectivity index (χ1) is 12.5. The van der Waals surface area contributed by atoms with E-state index in [0.29, 0.717) is 19.5 Å². The number of carbonyl (C=O) groups excluding carboxylic acids is 2. The lowest BCUT2D eigenvalue weighted by Gasteiger charge is -2.31. The van der Waals surface area contributed by atoms with E-state index in [-0.39, 0.29) is 17.1 Å². The number of thioether (sulfide) groups is 1. The van der Waals surface area contributed by atoms with E-state index < -0.39 is 0 Å². The molecule has 0 aliphatic carbocycles. The Morgan fingerprint density at radius 1 is 1.27 bits per heavy atom. The maximum Gasteiger partial charge on any atom is 0.320 e. The van der Waals surface area contributed by atoms with Gasteiger partial charge in [-0.2, -0.15) is 5.10 Å². The molecular formula is C19H23N3O3S. The number of benzene rings is 1. The number of hydrogen-bond acceptors (Lipinski definition) is 5. The third-order valence-corrected chi connectivity index (χ3v) is 5.82. The number of rotatable bonds is 4. The molecule has 26 heavy (non-hydrogen) atoms. The molecule has 3 rings (SSSR count). The molecule has 1 amide bonds. The highest BCUT2D eigenvalue weighted by Gasteiger charge is 2.30. The van der Waals surface area contributed by atoms with Gasteiger partial charge in [-0.3, -0.25) is 9.59 Å². The summed E-state index contributed by atoms with van der Waals surface area (Å²) in [5.74, 6) is 0.502. The summed E-state index contributed by atoms with van der Waals surface area (Å²) in [6.07, 6.45) is 0.295. The molecule has 1 aliphatic heterocycles. The van der Waals surface area contributed by atoms with E-state index in [1.165, 1.54) is 7.11 Å². The molecule has 1 atom stereocenters. The summed E-state index contributed by atoms with van der Waals surface area (Å²) in [6, 6.07) is 9.89. The predicted octanol–water partition coefficient (Wildman–Crippen LogP) is 2.15. The third-order valence-electron chi connectivity index (χ3n) is 4.65. The second kappa shape index (κ2) is 7.95. The fourth-order valence-electron chi connectivity index (χ4n) is 3.16. The quantitative estimate of drug-likeness (QED) is 0.769. The van der Waals surface area contributed by atoms with E-state index in [0.717, 1.165) is 28.4 Å². The van der Waals surface area contributed by atoms with Gasteiger partial charge in [0, 0.05) is 30.1 Å². The van der Waals surface area contributed by atoms with Gasteiger partial charge in [-0.25, -0.2) is 4.68 Å². The van der Waals surface area contributed by atoms with Crippen LogP contribution in [0.25, 0.3) is 5.69 Å². The number of amides is 1. The SMILES string of the molecule is COC(=O)[C@H]1CN(C(=O)Cc2c(C)nn(-c3ccccc3)c2C)CCS1. The second-order valence-corrected chi connectivity index (χ2v) is 7.61. The van der Waals surface area contributed by atoms with Crippen LogP contribution in [-0.2, 0) is 20.7 Å². The largest absolute Gasteiger partial charge is 0.468 e. The first kappa shape index (κ1) is 18.5. The van der Waals surface area contributed by atoms with Crippen molar-refractivity contribution in [3.63, 3.8) is 0 Å². The van der Waals surface area contributed by atoms with Gasteiger partial charge in [0.2, 0.25) is 5.91 Å². The van der Waals surface area contributed by atoms with Crippen LogP contribution in [0.2, 0.25) is 0 Å². The van der Waals surface area contributed by atoms with Crippen molar-refractivity contribution >= 4 is 23.6 Å². The molecule has 2 heterocycles. The van der Waals surface area contributed by atoms with Gasteiger partial charge in [-0.1, -0.05) is 18.2 Å². The lowest BCUT2D eigenvalue weighted by atomic mass is 10.1. The average Bonchev–Trinajstić information content (AvgIpc) is 2.96. The first-order valence-electron chi connectivity index (χ1n) is 8.59. The maximum atomic E-state index is 12.8. The van der Waals surface area contributed by atoms with Crippen molar-refractivity contribution in [2.45, 2.75) is 25.5 Å². The average molecular weight is 373 g/mol. The van der Waals surface area contributed by atoms with Crippen LogP contribution in [0.4, 0.5) is 0 Å². The number of hydrogen-bond donors (Lipinski definition) is 0. The standard InChI is InChI=1S/C19H23N3O3S/c1-13-16(14(2)22(20-13)15-7-5-4-6-8-15)11-18(23)21-9-10-26-17(12-21)19(24)25-3/h4-8,17H,9-12H2,1-3H3/t17-/m1/s1. The monoisotopic (exact) mass is 373 g/mol. The van der Waals surface area contributed by atoms with Crippen LogP contribution in [0.1, 0.15) is 17.0 Å². The van der Waals surface area contributed by atoms with Gasteiger partial charge in [0.05, 0.1) is 24.9 Å². The number of nitrogens with zero attached hydrogens (tertiary/aromatic N) is 3. The third kappa shape index (κ3) is 3.77. The van der Waals surface area contributed by atoms with E-state index >= 15 is 0 Å². The fraction of sp³-hybridized carbons (Fsp3) is 0.421. The van der Waals surface area contributed by atoms with E-state index in [2.05, 4.69) is 5.10 Å². The van der Waals surface area contributed by atoms with Crippen LogP contribution in [0.3, 0.4) is 0 Å². The lowest BCUT2D eigenvalue weighted by Crippen LogP contribution is -2.45. The Bertz CT molecular complexity index is 804. The summed E-state index contributed by atoms with van der Waals surface area (Å²) in [5.41, 5.74) is 3.76. The van der Waals surface area contributed by atoms with E-state index in [1.54, 1.807) is 16.7 Å². The first-order valence-corrected chi connectivity index (χ1v) is 9.64. The van der Waals surface area contributed by atoms with Crippen molar-refractivity contribution in [3.05, 3.63) is 47.3 Å². The highest BCUT2D eigenvalue weighted by molar-refractivity contribution is 8.00. The summed E-state index contributed by atoms with van der Waals surface area (Å²) in [4.78, 5) is 26.3. The van der Waals surface area contributed by atoms with Gasteiger partial charge in [0.1, 0.15) is 5.25 Å². The molecule has 0 saturated carbocycles. The van der Waals surface area contributed by atoms with Crippen LogP contribution in [0.5, 0.6) is 0 Å². The Kier molecular flexibility index (Phi) is 5.66. The zero-order valence-electron chi connectivity index (χ0n) is 15.3. The Morgan fingerprint density at radius 3 is 2.69 bits per heavy atom. The van der Waals surface area contributed by atoms with Crippen LogP contribution in [0, 0.1) is 13.8 Å². The Balaban J connectivity index is 1.76. The molecule has 0 bridgehead atoms. The number of esters is 1. The van der Waals surface area contributed by atoms with Gasteiger partial charge in [-0.15, -0.1) is 11.8 Å².